The van der Waals surface area contributed by atoms with Gasteiger partial charge >= 0.3 is 6.18 Å². The van der Waals surface area contributed by atoms with Crippen LogP contribution in [0.1, 0.15) is 11.1 Å². The number of rotatable bonds is 4. The minimum absolute atomic E-state index is 0.136. The van der Waals surface area contributed by atoms with Crippen molar-refractivity contribution in [2.45, 2.75) is 12.6 Å². The van der Waals surface area contributed by atoms with Gasteiger partial charge in [-0.25, -0.2) is 0 Å². The van der Waals surface area contributed by atoms with Crippen molar-refractivity contribution in [2.75, 3.05) is 0 Å². The SMILES string of the molecule is O=C(Cl)Cc1cc(Oc2c(Cl)cc(C(F)(F)F)c(Cl)c2Cl)ccc1Cl. The van der Waals surface area contributed by atoms with E-state index in [0.717, 1.165) is 0 Å². The van der Waals surface area contributed by atoms with Crippen molar-refractivity contribution in [1.82, 2.24) is 0 Å². The van der Waals surface area contributed by atoms with Gasteiger partial charge in [0.1, 0.15) is 10.8 Å². The molecular formula is C15H6Cl5F3O2. The molecule has 0 bridgehead atoms. The first-order valence-electron chi connectivity index (χ1n) is 6.40. The van der Waals surface area contributed by atoms with Crippen LogP contribution in [0.15, 0.2) is 24.3 Å². The van der Waals surface area contributed by atoms with Crippen LogP contribution in [0.25, 0.3) is 0 Å². The van der Waals surface area contributed by atoms with Crippen molar-refractivity contribution >= 4 is 63.2 Å². The molecule has 0 aliphatic heterocycles. The van der Waals surface area contributed by atoms with Gasteiger partial charge in [-0.1, -0.05) is 46.4 Å². The van der Waals surface area contributed by atoms with Crippen LogP contribution >= 0.6 is 58.0 Å². The second-order valence-corrected chi connectivity index (χ2v) is 6.74. The first-order chi connectivity index (χ1) is 11.5. The summed E-state index contributed by atoms with van der Waals surface area (Å²) in [6.45, 7) is 0. The fraction of sp³-hybridized carbons (Fsp3) is 0.133. The summed E-state index contributed by atoms with van der Waals surface area (Å²) in [4.78, 5) is 11.0. The molecule has 0 unspecified atom stereocenters. The van der Waals surface area contributed by atoms with Crippen molar-refractivity contribution in [3.63, 3.8) is 0 Å². The highest BCUT2D eigenvalue weighted by Gasteiger charge is 2.36. The van der Waals surface area contributed by atoms with E-state index in [4.69, 9.17) is 62.7 Å². The van der Waals surface area contributed by atoms with Gasteiger partial charge in [-0.05, 0) is 41.4 Å². The number of hydrogen-bond donors (Lipinski definition) is 0. The van der Waals surface area contributed by atoms with Crippen molar-refractivity contribution in [2.24, 2.45) is 0 Å². The molecule has 0 heterocycles. The molecule has 0 amide bonds. The lowest BCUT2D eigenvalue weighted by Crippen LogP contribution is -2.06. The van der Waals surface area contributed by atoms with E-state index < -0.39 is 27.0 Å². The highest BCUT2D eigenvalue weighted by Crippen LogP contribution is 2.47. The summed E-state index contributed by atoms with van der Waals surface area (Å²) in [5.41, 5.74) is -0.814. The molecule has 25 heavy (non-hydrogen) atoms. The fourth-order valence-electron chi connectivity index (χ4n) is 1.90. The average Bonchev–Trinajstić information content (AvgIpc) is 2.48. The smallest absolute Gasteiger partial charge is 0.417 e. The first-order valence-corrected chi connectivity index (χ1v) is 8.29. The summed E-state index contributed by atoms with van der Waals surface area (Å²) in [6.07, 6.45) is -4.89. The van der Waals surface area contributed by atoms with Gasteiger partial charge in [-0.2, -0.15) is 13.2 Å². The number of halogens is 8. The Kier molecular flexibility index (Phi) is 6.39. The molecular weight excluding hydrogens is 446 g/mol. The lowest BCUT2D eigenvalue weighted by atomic mass is 10.1. The predicted octanol–water partition coefficient (Wildman–Crippen LogP) is 7.42. The zero-order valence-electron chi connectivity index (χ0n) is 11.9. The second-order valence-electron chi connectivity index (χ2n) is 4.75. The molecule has 0 fully saturated rings. The Labute approximate surface area is 165 Å². The van der Waals surface area contributed by atoms with Gasteiger partial charge in [0.2, 0.25) is 5.24 Å². The van der Waals surface area contributed by atoms with Crippen LogP contribution in [-0.4, -0.2) is 5.24 Å². The standard InChI is InChI=1S/C15H6Cl5F3O2/c16-9-2-1-7(3-6(9)4-11(18)24)25-14-10(17)5-8(15(21,22)23)12(19)13(14)20/h1-3,5H,4H2. The quantitative estimate of drug-likeness (QED) is 0.356. The maximum atomic E-state index is 12.9. The molecule has 0 spiro atoms. The van der Waals surface area contributed by atoms with E-state index in [0.29, 0.717) is 11.6 Å². The van der Waals surface area contributed by atoms with Crippen molar-refractivity contribution in [3.8, 4) is 11.5 Å². The molecule has 2 aromatic carbocycles. The Morgan fingerprint density at radius 1 is 1.00 bits per heavy atom. The van der Waals surface area contributed by atoms with Crippen molar-refractivity contribution in [1.29, 1.82) is 0 Å². The summed E-state index contributed by atoms with van der Waals surface area (Å²) < 4.78 is 44.1. The van der Waals surface area contributed by atoms with Crippen LogP contribution in [0.5, 0.6) is 11.5 Å². The summed E-state index contributed by atoms with van der Waals surface area (Å²) in [5, 5.41) is -1.99. The van der Waals surface area contributed by atoms with E-state index >= 15 is 0 Å². The number of benzene rings is 2. The zero-order valence-corrected chi connectivity index (χ0v) is 15.6. The Morgan fingerprint density at radius 2 is 1.64 bits per heavy atom. The molecule has 0 atom stereocenters. The highest BCUT2D eigenvalue weighted by molar-refractivity contribution is 6.63. The van der Waals surface area contributed by atoms with E-state index in [1.165, 1.54) is 18.2 Å². The van der Waals surface area contributed by atoms with E-state index in [1.807, 2.05) is 0 Å². The Morgan fingerprint density at radius 3 is 2.20 bits per heavy atom. The molecule has 0 N–H and O–H groups in total. The third kappa shape index (κ3) is 4.86. The van der Waals surface area contributed by atoms with Gasteiger partial charge in [-0.3, -0.25) is 4.79 Å². The number of carbonyl (C=O) groups is 1. The van der Waals surface area contributed by atoms with Crippen molar-refractivity contribution < 1.29 is 22.7 Å². The van der Waals surface area contributed by atoms with Crippen LogP contribution in [0.3, 0.4) is 0 Å². The monoisotopic (exact) mass is 450 g/mol. The largest absolute Gasteiger partial charge is 0.454 e. The number of alkyl halides is 3. The molecule has 0 aromatic heterocycles. The predicted molar refractivity (Wildman–Crippen MR) is 92.6 cm³/mol. The van der Waals surface area contributed by atoms with Gasteiger partial charge in [0.25, 0.3) is 0 Å². The third-order valence-corrected chi connectivity index (χ3v) is 4.62. The Hall–Kier alpha value is -0.850. The highest BCUT2D eigenvalue weighted by atomic mass is 35.5. The van der Waals surface area contributed by atoms with Gasteiger partial charge in [-0.15, -0.1) is 0 Å². The van der Waals surface area contributed by atoms with Gasteiger partial charge in [0, 0.05) is 11.4 Å². The van der Waals surface area contributed by atoms with Crippen LogP contribution < -0.4 is 4.74 Å². The molecule has 0 radical (unpaired) electrons. The van der Waals surface area contributed by atoms with Crippen molar-refractivity contribution in [3.05, 3.63) is 55.5 Å². The molecule has 2 nitrogen and oxygen atoms in total. The summed E-state index contributed by atoms with van der Waals surface area (Å²) in [7, 11) is 0. The molecule has 10 heteroatoms. The molecule has 0 aliphatic carbocycles. The van der Waals surface area contributed by atoms with Gasteiger partial charge in [0.15, 0.2) is 5.75 Å². The summed E-state index contributed by atoms with van der Waals surface area (Å²) in [6, 6.07) is 4.85. The minimum atomic E-state index is -4.73. The first kappa shape index (κ1) is 20.5. The summed E-state index contributed by atoms with van der Waals surface area (Å²) >= 11 is 28.7. The third-order valence-electron chi connectivity index (χ3n) is 2.99. The number of carbonyl (C=O) groups excluding carboxylic acids is 1. The second kappa shape index (κ2) is 7.80. The van der Waals surface area contributed by atoms with E-state index in [2.05, 4.69) is 0 Å². The van der Waals surface area contributed by atoms with Crippen LogP contribution in [-0.2, 0) is 17.4 Å². The molecule has 2 rings (SSSR count). The van der Waals surface area contributed by atoms with Gasteiger partial charge < -0.3 is 4.74 Å². The normalized spacial score (nSPS) is 11.5. The Bertz CT molecular complexity index is 837. The summed E-state index contributed by atoms with van der Waals surface area (Å²) in [5.74, 6) is -0.122. The molecule has 0 saturated carbocycles. The van der Waals surface area contributed by atoms with Crippen LogP contribution in [0.4, 0.5) is 13.2 Å². The van der Waals surface area contributed by atoms with Crippen LogP contribution in [0, 0.1) is 0 Å². The van der Waals surface area contributed by atoms with E-state index in [-0.39, 0.29) is 28.0 Å². The number of ether oxygens (including phenoxy) is 1. The van der Waals surface area contributed by atoms with Gasteiger partial charge in [0.05, 0.1) is 15.6 Å². The fourth-order valence-corrected chi connectivity index (χ4v) is 3.00. The maximum absolute atomic E-state index is 12.9. The average molecular weight is 452 g/mol. The van der Waals surface area contributed by atoms with Crippen LogP contribution in [0.2, 0.25) is 20.1 Å². The lowest BCUT2D eigenvalue weighted by molar-refractivity contribution is -0.137. The minimum Gasteiger partial charge on any atom is -0.454 e. The zero-order chi connectivity index (χ0) is 18.9. The molecule has 0 aliphatic rings. The molecule has 2 aromatic rings. The maximum Gasteiger partial charge on any atom is 0.417 e. The van der Waals surface area contributed by atoms with E-state index in [1.54, 1.807) is 0 Å². The Balaban J connectivity index is 2.45. The topological polar surface area (TPSA) is 26.3 Å². The molecule has 0 saturated heterocycles. The number of hydrogen-bond acceptors (Lipinski definition) is 2. The molecule has 134 valence electrons. The van der Waals surface area contributed by atoms with E-state index in [9.17, 15) is 18.0 Å². The lowest BCUT2D eigenvalue weighted by Gasteiger charge is -2.16.